The van der Waals surface area contributed by atoms with E-state index in [1.54, 1.807) is 0 Å². The molecule has 0 N–H and O–H groups in total. The van der Waals surface area contributed by atoms with E-state index in [-0.39, 0.29) is 0 Å². The Morgan fingerprint density at radius 2 is 2.38 bits per heavy atom. The minimum absolute atomic E-state index is 0.626. The highest BCUT2D eigenvalue weighted by Crippen LogP contribution is 2.45. The largest absolute Gasteiger partial charge is 0.300 e. The van der Waals surface area contributed by atoms with Crippen molar-refractivity contribution in [3.63, 3.8) is 0 Å². The Bertz CT molecular complexity index is 219. The molecule has 1 saturated heterocycles. The maximum Gasteiger partial charge on any atom is 0.0622 e. The molecule has 0 bridgehead atoms. The van der Waals surface area contributed by atoms with Crippen LogP contribution in [0.2, 0.25) is 0 Å². The molecule has 1 aliphatic carbocycles. The van der Waals surface area contributed by atoms with Crippen LogP contribution in [0.4, 0.5) is 0 Å². The van der Waals surface area contributed by atoms with Gasteiger partial charge in [-0.3, -0.25) is 0 Å². The molecule has 3 atom stereocenters. The Balaban J connectivity index is 1.76. The minimum atomic E-state index is 0.626. The molecule has 2 rings (SSSR count). The highest BCUT2D eigenvalue weighted by Gasteiger charge is 2.41. The topological polar surface area (TPSA) is 27.0 Å². The van der Waals surface area contributed by atoms with Gasteiger partial charge in [0, 0.05) is 19.0 Å². The van der Waals surface area contributed by atoms with Crippen LogP contribution in [0.3, 0.4) is 0 Å². The molecule has 2 fully saturated rings. The molecule has 0 aromatic heterocycles. The second-order valence-electron chi connectivity index (χ2n) is 4.59. The molecule has 0 amide bonds. The fourth-order valence-electron chi connectivity index (χ4n) is 2.47. The molecular formula is C11H18N2. The number of fused-ring (bicyclic) bond motifs is 1. The number of likely N-dealkylation sites (tertiary alicyclic amines) is 1. The second-order valence-corrected chi connectivity index (χ2v) is 4.59. The summed E-state index contributed by atoms with van der Waals surface area (Å²) in [6, 6.07) is 2.86. The summed E-state index contributed by atoms with van der Waals surface area (Å²) >= 11 is 0. The van der Waals surface area contributed by atoms with Crippen LogP contribution in [0.25, 0.3) is 0 Å². The number of hydrogen-bond donors (Lipinski definition) is 0. The third-order valence-corrected chi connectivity index (χ3v) is 3.62. The van der Waals surface area contributed by atoms with Crippen molar-refractivity contribution < 1.29 is 0 Å². The maximum absolute atomic E-state index is 8.51. The zero-order valence-electron chi connectivity index (χ0n) is 8.37. The molecule has 1 saturated carbocycles. The lowest BCUT2D eigenvalue weighted by Gasteiger charge is -2.31. The lowest BCUT2D eigenvalue weighted by atomic mass is 10.1. The van der Waals surface area contributed by atoms with Crippen molar-refractivity contribution in [3.8, 4) is 6.07 Å². The van der Waals surface area contributed by atoms with Gasteiger partial charge in [-0.2, -0.15) is 5.26 Å². The van der Waals surface area contributed by atoms with Crippen LogP contribution in [0, 0.1) is 23.2 Å². The molecule has 2 heteroatoms. The summed E-state index contributed by atoms with van der Waals surface area (Å²) in [7, 11) is 0. The molecule has 13 heavy (non-hydrogen) atoms. The van der Waals surface area contributed by atoms with E-state index in [0.717, 1.165) is 18.3 Å². The van der Waals surface area contributed by atoms with Gasteiger partial charge in [0.05, 0.1) is 6.07 Å². The minimum Gasteiger partial charge on any atom is -0.300 e. The molecule has 0 radical (unpaired) electrons. The van der Waals surface area contributed by atoms with Crippen LogP contribution >= 0.6 is 0 Å². The van der Waals surface area contributed by atoms with E-state index in [1.807, 2.05) is 0 Å². The summed E-state index contributed by atoms with van der Waals surface area (Å²) in [4.78, 5) is 2.57. The normalized spacial score (nSPS) is 34.8. The zero-order chi connectivity index (χ0) is 9.26. The van der Waals surface area contributed by atoms with Gasteiger partial charge < -0.3 is 4.90 Å². The van der Waals surface area contributed by atoms with Gasteiger partial charge in [0.15, 0.2) is 0 Å². The van der Waals surface area contributed by atoms with Crippen molar-refractivity contribution >= 4 is 0 Å². The summed E-state index contributed by atoms with van der Waals surface area (Å²) in [6.07, 6.45) is 4.64. The van der Waals surface area contributed by atoms with Crippen molar-refractivity contribution in [1.29, 1.82) is 5.26 Å². The Kier molecular flexibility index (Phi) is 2.55. The van der Waals surface area contributed by atoms with Gasteiger partial charge in [0.1, 0.15) is 0 Å². The van der Waals surface area contributed by atoms with Gasteiger partial charge in [-0.05, 0) is 44.6 Å². The zero-order valence-corrected chi connectivity index (χ0v) is 8.37. The summed E-state index contributed by atoms with van der Waals surface area (Å²) in [5.41, 5.74) is 0. The van der Waals surface area contributed by atoms with E-state index < -0.39 is 0 Å². The second kappa shape index (κ2) is 3.67. The van der Waals surface area contributed by atoms with E-state index in [0.29, 0.717) is 12.5 Å². The lowest BCUT2D eigenvalue weighted by molar-refractivity contribution is 0.160. The number of piperidine rings is 1. The average Bonchev–Trinajstić information content (AvgIpc) is 2.91. The first-order valence-electron chi connectivity index (χ1n) is 5.42. The van der Waals surface area contributed by atoms with Gasteiger partial charge in [-0.15, -0.1) is 0 Å². The van der Waals surface area contributed by atoms with Crippen molar-refractivity contribution in [1.82, 2.24) is 4.90 Å². The average molecular weight is 178 g/mol. The molecule has 3 unspecified atom stereocenters. The molecule has 0 spiro atoms. The van der Waals surface area contributed by atoms with Crippen LogP contribution in [-0.2, 0) is 0 Å². The third kappa shape index (κ3) is 2.03. The standard InChI is InChI=1S/C11H18N2/c1-9(3-2-5-12)13-6-4-10-7-11(10)8-13/h9-11H,2-4,6-8H2,1H3. The predicted molar refractivity (Wildman–Crippen MR) is 52.1 cm³/mol. The summed E-state index contributed by atoms with van der Waals surface area (Å²) in [5, 5.41) is 8.51. The Morgan fingerprint density at radius 3 is 3.08 bits per heavy atom. The molecule has 72 valence electrons. The van der Waals surface area contributed by atoms with Crippen LogP contribution < -0.4 is 0 Å². The van der Waals surface area contributed by atoms with Crippen molar-refractivity contribution in [2.45, 2.75) is 38.6 Å². The molecule has 1 heterocycles. The van der Waals surface area contributed by atoms with Gasteiger partial charge in [-0.25, -0.2) is 0 Å². The van der Waals surface area contributed by atoms with E-state index in [1.165, 1.54) is 25.9 Å². The number of rotatable bonds is 3. The van der Waals surface area contributed by atoms with Gasteiger partial charge in [-0.1, -0.05) is 0 Å². The summed E-state index contributed by atoms with van der Waals surface area (Å²) < 4.78 is 0. The third-order valence-electron chi connectivity index (χ3n) is 3.62. The van der Waals surface area contributed by atoms with Gasteiger partial charge in [0.2, 0.25) is 0 Å². The van der Waals surface area contributed by atoms with Crippen molar-refractivity contribution in [2.24, 2.45) is 11.8 Å². The van der Waals surface area contributed by atoms with E-state index in [4.69, 9.17) is 5.26 Å². The van der Waals surface area contributed by atoms with Crippen molar-refractivity contribution in [2.75, 3.05) is 13.1 Å². The van der Waals surface area contributed by atoms with E-state index in [2.05, 4.69) is 17.9 Å². The SMILES string of the molecule is CC(CCC#N)N1CCC2CC2C1. The molecule has 1 aliphatic heterocycles. The Hall–Kier alpha value is -0.550. The summed E-state index contributed by atoms with van der Waals surface area (Å²) in [5.74, 6) is 2.08. The monoisotopic (exact) mass is 178 g/mol. The number of nitriles is 1. The Morgan fingerprint density at radius 1 is 1.54 bits per heavy atom. The van der Waals surface area contributed by atoms with Crippen LogP contribution in [-0.4, -0.2) is 24.0 Å². The Labute approximate surface area is 80.5 Å². The fourth-order valence-corrected chi connectivity index (χ4v) is 2.47. The van der Waals surface area contributed by atoms with Crippen LogP contribution in [0.1, 0.15) is 32.6 Å². The lowest BCUT2D eigenvalue weighted by Crippen LogP contribution is -2.38. The van der Waals surface area contributed by atoms with E-state index in [9.17, 15) is 0 Å². The van der Waals surface area contributed by atoms with Crippen molar-refractivity contribution in [3.05, 3.63) is 0 Å². The first kappa shape index (κ1) is 9.02. The predicted octanol–water partition coefficient (Wildman–Crippen LogP) is 2.02. The molecular weight excluding hydrogens is 160 g/mol. The quantitative estimate of drug-likeness (QED) is 0.661. The molecule has 2 nitrogen and oxygen atoms in total. The molecule has 0 aromatic rings. The molecule has 2 aliphatic rings. The summed E-state index contributed by atoms with van der Waals surface area (Å²) in [6.45, 7) is 4.84. The first-order chi connectivity index (χ1) is 6.31. The molecule has 0 aromatic carbocycles. The van der Waals surface area contributed by atoms with E-state index >= 15 is 0 Å². The number of nitrogens with zero attached hydrogens (tertiary/aromatic N) is 2. The van der Waals surface area contributed by atoms with Gasteiger partial charge >= 0.3 is 0 Å². The van der Waals surface area contributed by atoms with Gasteiger partial charge in [0.25, 0.3) is 0 Å². The van der Waals surface area contributed by atoms with Crippen LogP contribution in [0.5, 0.6) is 0 Å². The highest BCUT2D eigenvalue weighted by molar-refractivity contribution is 4.94. The first-order valence-corrected chi connectivity index (χ1v) is 5.42. The fraction of sp³-hybridized carbons (Fsp3) is 0.909. The maximum atomic E-state index is 8.51. The number of hydrogen-bond acceptors (Lipinski definition) is 2. The highest BCUT2D eigenvalue weighted by atomic mass is 15.2. The smallest absolute Gasteiger partial charge is 0.0622 e. The van der Waals surface area contributed by atoms with Crippen LogP contribution in [0.15, 0.2) is 0 Å².